The first-order valence-electron chi connectivity index (χ1n) is 10.5. The van der Waals surface area contributed by atoms with Crippen LogP contribution in [0.5, 0.6) is 0 Å². The minimum atomic E-state index is -0.00774. The first-order valence-corrected chi connectivity index (χ1v) is 10.9. The van der Waals surface area contributed by atoms with Gasteiger partial charge in [-0.15, -0.1) is 0 Å². The predicted molar refractivity (Wildman–Crippen MR) is 117 cm³/mol. The highest BCUT2D eigenvalue weighted by atomic mass is 35.5. The van der Waals surface area contributed by atoms with E-state index in [-0.39, 0.29) is 17.4 Å². The fourth-order valence-electron chi connectivity index (χ4n) is 3.93. The van der Waals surface area contributed by atoms with Crippen LogP contribution < -0.4 is 10.6 Å². The van der Waals surface area contributed by atoms with Gasteiger partial charge in [0.15, 0.2) is 5.96 Å². The van der Waals surface area contributed by atoms with Crippen molar-refractivity contribution in [3.63, 3.8) is 0 Å². The van der Waals surface area contributed by atoms with Crippen LogP contribution in [0.15, 0.2) is 29.3 Å². The number of hydrogen-bond donors (Lipinski definition) is 3. The quantitative estimate of drug-likeness (QED) is 0.406. The minimum Gasteiger partial charge on any atom is -0.396 e. The first-order chi connectivity index (χ1) is 13.5. The van der Waals surface area contributed by atoms with Gasteiger partial charge in [0, 0.05) is 42.2 Å². The second-order valence-electron chi connectivity index (χ2n) is 7.82. The fraction of sp³-hybridized carbons (Fsp3) is 0.682. The second kappa shape index (κ2) is 11.0. The van der Waals surface area contributed by atoms with Crippen LogP contribution in [0.4, 0.5) is 0 Å². The number of ether oxygens (including phenoxy) is 1. The Hall–Kier alpha value is -1.30. The second-order valence-corrected chi connectivity index (χ2v) is 8.26. The van der Waals surface area contributed by atoms with E-state index in [0.29, 0.717) is 13.2 Å². The molecule has 158 valence electrons. The van der Waals surface area contributed by atoms with Crippen molar-refractivity contribution in [3.05, 3.63) is 34.9 Å². The number of nitrogens with zero attached hydrogens (tertiary/aromatic N) is 1. The molecule has 0 radical (unpaired) electrons. The number of guanidine groups is 1. The lowest BCUT2D eigenvalue weighted by Crippen LogP contribution is -2.45. The topological polar surface area (TPSA) is 65.9 Å². The Kier molecular flexibility index (Phi) is 9.06. The molecule has 5 nitrogen and oxygen atoms in total. The normalized spacial score (nSPS) is 20.4. The lowest BCUT2D eigenvalue weighted by atomic mass is 9.76. The third-order valence-corrected chi connectivity index (χ3v) is 6.40. The van der Waals surface area contributed by atoms with Gasteiger partial charge < -0.3 is 20.5 Å². The molecule has 0 aromatic heterocycles. The van der Waals surface area contributed by atoms with Gasteiger partial charge in [0.25, 0.3) is 0 Å². The predicted octanol–water partition coefficient (Wildman–Crippen LogP) is 3.74. The Morgan fingerprint density at radius 1 is 1.21 bits per heavy atom. The van der Waals surface area contributed by atoms with Crippen LogP contribution in [0.3, 0.4) is 0 Å². The summed E-state index contributed by atoms with van der Waals surface area (Å²) in [4.78, 5) is 4.94. The highest BCUT2D eigenvalue weighted by Crippen LogP contribution is 2.33. The van der Waals surface area contributed by atoms with E-state index < -0.39 is 0 Å². The van der Waals surface area contributed by atoms with Crippen LogP contribution in [0.1, 0.15) is 52.0 Å². The zero-order valence-corrected chi connectivity index (χ0v) is 18.3. The molecule has 0 saturated carbocycles. The van der Waals surface area contributed by atoms with Crippen LogP contribution in [-0.4, -0.2) is 50.5 Å². The SMILES string of the molecule is CCNC(=NCC(CC)(CC)c1ccc(Cl)cc1)NCC1(CCO)CCOC1. The van der Waals surface area contributed by atoms with Crippen molar-refractivity contribution in [2.45, 2.75) is 51.9 Å². The summed E-state index contributed by atoms with van der Waals surface area (Å²) in [5.41, 5.74) is 1.27. The Labute approximate surface area is 174 Å². The molecule has 3 N–H and O–H groups in total. The van der Waals surface area contributed by atoms with Crippen molar-refractivity contribution < 1.29 is 9.84 Å². The Balaban J connectivity index is 2.13. The first kappa shape index (κ1) is 23.0. The lowest BCUT2D eigenvalue weighted by molar-refractivity contribution is 0.127. The average molecular weight is 410 g/mol. The van der Waals surface area contributed by atoms with Gasteiger partial charge in [-0.25, -0.2) is 0 Å². The minimum absolute atomic E-state index is 0.00623. The molecule has 1 unspecified atom stereocenters. The van der Waals surface area contributed by atoms with Crippen LogP contribution in [0.2, 0.25) is 5.02 Å². The van der Waals surface area contributed by atoms with Gasteiger partial charge in [-0.3, -0.25) is 4.99 Å². The molecule has 28 heavy (non-hydrogen) atoms. The van der Waals surface area contributed by atoms with Crippen LogP contribution >= 0.6 is 11.6 Å². The Morgan fingerprint density at radius 2 is 1.93 bits per heavy atom. The number of benzene rings is 1. The third kappa shape index (κ3) is 5.85. The smallest absolute Gasteiger partial charge is 0.191 e. The van der Waals surface area contributed by atoms with Gasteiger partial charge in [0.05, 0.1) is 13.2 Å². The maximum absolute atomic E-state index is 9.44. The van der Waals surface area contributed by atoms with E-state index >= 15 is 0 Å². The molecule has 0 bridgehead atoms. The summed E-state index contributed by atoms with van der Waals surface area (Å²) in [6.07, 6.45) is 3.74. The van der Waals surface area contributed by atoms with Gasteiger partial charge in [-0.1, -0.05) is 37.6 Å². The Bertz CT molecular complexity index is 609. The number of nitrogens with one attached hydrogen (secondary N) is 2. The molecule has 1 saturated heterocycles. The summed E-state index contributed by atoms with van der Waals surface area (Å²) in [5, 5.41) is 17.1. The number of halogens is 1. The number of aliphatic hydroxyl groups excluding tert-OH is 1. The molecule has 1 fully saturated rings. The monoisotopic (exact) mass is 409 g/mol. The molecule has 1 heterocycles. The van der Waals surface area contributed by atoms with Crippen molar-refractivity contribution >= 4 is 17.6 Å². The van der Waals surface area contributed by atoms with E-state index in [1.165, 1.54) is 5.56 Å². The molecule has 0 spiro atoms. The van der Waals surface area contributed by atoms with E-state index in [4.69, 9.17) is 21.3 Å². The molecule has 2 rings (SSSR count). The molecule has 0 aliphatic carbocycles. The zero-order chi connectivity index (χ0) is 20.5. The van der Waals surface area contributed by atoms with Gasteiger partial charge >= 0.3 is 0 Å². The van der Waals surface area contributed by atoms with E-state index in [0.717, 1.165) is 56.4 Å². The number of hydrogen-bond acceptors (Lipinski definition) is 3. The molecule has 1 atom stereocenters. The highest BCUT2D eigenvalue weighted by molar-refractivity contribution is 6.30. The molecule has 1 aliphatic rings. The van der Waals surface area contributed by atoms with Gasteiger partial charge in [0.1, 0.15) is 0 Å². The molecule has 1 aromatic rings. The zero-order valence-electron chi connectivity index (χ0n) is 17.6. The van der Waals surface area contributed by atoms with Crippen LogP contribution in [0, 0.1) is 5.41 Å². The third-order valence-electron chi connectivity index (χ3n) is 6.15. The van der Waals surface area contributed by atoms with E-state index in [9.17, 15) is 5.11 Å². The van der Waals surface area contributed by atoms with E-state index in [2.05, 4.69) is 43.5 Å². The summed E-state index contributed by atoms with van der Waals surface area (Å²) in [7, 11) is 0. The molecular formula is C22H36ClN3O2. The van der Waals surface area contributed by atoms with Crippen molar-refractivity contribution in [2.24, 2.45) is 10.4 Å². The standard InChI is InChI=1S/C22H36ClN3O2/c1-4-22(5-2,18-7-9-19(23)10-8-18)16-26-20(24-6-3)25-15-21(11-13-27)12-14-28-17-21/h7-10,27H,4-6,11-17H2,1-3H3,(H2,24,25,26). The summed E-state index contributed by atoms with van der Waals surface area (Å²) in [5.74, 6) is 0.826. The number of rotatable bonds is 10. The van der Waals surface area contributed by atoms with Gasteiger partial charge in [-0.05, 0) is 50.3 Å². The van der Waals surface area contributed by atoms with Crippen LogP contribution in [-0.2, 0) is 10.2 Å². The molecular weight excluding hydrogens is 374 g/mol. The fourth-order valence-corrected chi connectivity index (χ4v) is 4.06. The summed E-state index contributed by atoms with van der Waals surface area (Å²) in [6, 6.07) is 8.17. The molecule has 0 amide bonds. The molecule has 1 aromatic carbocycles. The van der Waals surface area contributed by atoms with E-state index in [1.54, 1.807) is 0 Å². The van der Waals surface area contributed by atoms with Gasteiger partial charge in [0.2, 0.25) is 0 Å². The summed E-state index contributed by atoms with van der Waals surface area (Å²) >= 11 is 6.08. The van der Waals surface area contributed by atoms with Crippen molar-refractivity contribution in [2.75, 3.05) is 39.5 Å². The molecule has 1 aliphatic heterocycles. The number of aliphatic hydroxyl groups is 1. The highest BCUT2D eigenvalue weighted by Gasteiger charge is 2.34. The summed E-state index contributed by atoms with van der Waals surface area (Å²) < 4.78 is 5.60. The van der Waals surface area contributed by atoms with E-state index in [1.807, 2.05) is 12.1 Å². The maximum atomic E-state index is 9.44. The van der Waals surface area contributed by atoms with Crippen LogP contribution in [0.25, 0.3) is 0 Å². The Morgan fingerprint density at radius 3 is 2.46 bits per heavy atom. The molecule has 6 heteroatoms. The van der Waals surface area contributed by atoms with Crippen molar-refractivity contribution in [1.82, 2.24) is 10.6 Å². The largest absolute Gasteiger partial charge is 0.396 e. The maximum Gasteiger partial charge on any atom is 0.191 e. The van der Waals surface area contributed by atoms with Gasteiger partial charge in [-0.2, -0.15) is 0 Å². The van der Waals surface area contributed by atoms with Crippen molar-refractivity contribution in [3.8, 4) is 0 Å². The van der Waals surface area contributed by atoms with Crippen molar-refractivity contribution in [1.29, 1.82) is 0 Å². The number of aliphatic imine (C=N–C) groups is 1. The lowest BCUT2D eigenvalue weighted by Gasteiger charge is -2.32. The summed E-state index contributed by atoms with van der Waals surface area (Å²) in [6.45, 7) is 10.4. The average Bonchev–Trinajstić information content (AvgIpc) is 3.17.